The van der Waals surface area contributed by atoms with E-state index in [1.54, 1.807) is 83.8 Å². The zero-order chi connectivity index (χ0) is 21.0. The van der Waals surface area contributed by atoms with Gasteiger partial charge >= 0.3 is 0 Å². The van der Waals surface area contributed by atoms with Gasteiger partial charge in [-0.05, 0) is 42.0 Å². The normalized spacial score (nSPS) is 11.2. The molecule has 0 spiro atoms. The monoisotopic (exact) mass is 418 g/mol. The highest BCUT2D eigenvalue weighted by atomic mass is 32.2. The summed E-state index contributed by atoms with van der Waals surface area (Å²) in [4.78, 5) is 13.1. The van der Waals surface area contributed by atoms with Crippen LogP contribution < -0.4 is 5.32 Å². The average molecular weight is 418 g/mol. The number of benzene rings is 3. The third kappa shape index (κ3) is 4.28. The first kappa shape index (κ1) is 19.5. The summed E-state index contributed by atoms with van der Waals surface area (Å²) in [5.41, 5.74) is 2.14. The van der Waals surface area contributed by atoms with Crippen molar-refractivity contribution >= 4 is 21.4 Å². The lowest BCUT2D eigenvalue weighted by molar-refractivity contribution is 0.102. The number of amides is 1. The molecule has 0 saturated heterocycles. The van der Waals surface area contributed by atoms with Gasteiger partial charge in [0.15, 0.2) is 9.84 Å². The summed E-state index contributed by atoms with van der Waals surface area (Å²) in [5.74, 6) is -0.533. The number of anilines is 1. The number of carbonyl (C=O) groups excluding carboxylic acids is 1. The van der Waals surface area contributed by atoms with Crippen molar-refractivity contribution in [3.05, 3.63) is 102 Å². The molecule has 0 bridgehead atoms. The first-order chi connectivity index (χ1) is 14.5. The Morgan fingerprint density at radius 3 is 2.47 bits per heavy atom. The van der Waals surface area contributed by atoms with Gasteiger partial charge in [-0.15, -0.1) is 5.10 Å². The second kappa shape index (κ2) is 8.30. The molecule has 1 heterocycles. The molecule has 30 heavy (non-hydrogen) atoms. The largest absolute Gasteiger partial charge is 0.320 e. The number of hydrogen-bond acceptors (Lipinski definition) is 5. The van der Waals surface area contributed by atoms with E-state index < -0.39 is 9.84 Å². The van der Waals surface area contributed by atoms with Crippen LogP contribution in [0.1, 0.15) is 15.9 Å². The predicted molar refractivity (Wildman–Crippen MR) is 113 cm³/mol. The van der Waals surface area contributed by atoms with Crippen LogP contribution in [0, 0.1) is 0 Å². The minimum absolute atomic E-state index is 0.187. The summed E-state index contributed by atoms with van der Waals surface area (Å²) in [6.07, 6.45) is 3.23. The number of sulfone groups is 1. The highest BCUT2D eigenvalue weighted by Crippen LogP contribution is 2.21. The maximum Gasteiger partial charge on any atom is 0.255 e. The third-order valence-corrected chi connectivity index (χ3v) is 6.17. The summed E-state index contributed by atoms with van der Waals surface area (Å²) in [5, 5.41) is 10.6. The van der Waals surface area contributed by atoms with Gasteiger partial charge in [-0.1, -0.05) is 47.7 Å². The van der Waals surface area contributed by atoms with Crippen LogP contribution in [0.15, 0.2) is 96.2 Å². The standard InChI is InChI=1S/C22H18N4O3S/c27-22(24-20-11-4-5-12-21(20)26-14-13-23-25-26)18-8-6-7-17(15-18)16-30(28,29)19-9-2-1-3-10-19/h1-15H,16H2,(H,24,27). The van der Waals surface area contributed by atoms with Gasteiger partial charge in [0, 0.05) is 5.56 Å². The van der Waals surface area contributed by atoms with Crippen LogP contribution in [-0.2, 0) is 15.6 Å². The summed E-state index contributed by atoms with van der Waals surface area (Å²) in [6, 6.07) is 22.1. The van der Waals surface area contributed by atoms with Crippen LogP contribution in [0.4, 0.5) is 5.69 Å². The molecule has 3 aromatic carbocycles. The number of carbonyl (C=O) groups is 1. The molecule has 1 amide bonds. The Hall–Kier alpha value is -3.78. The van der Waals surface area contributed by atoms with E-state index in [1.165, 1.54) is 0 Å². The van der Waals surface area contributed by atoms with Crippen molar-refractivity contribution in [1.29, 1.82) is 0 Å². The van der Waals surface area contributed by atoms with Crippen molar-refractivity contribution in [2.45, 2.75) is 10.6 Å². The van der Waals surface area contributed by atoms with Crippen molar-refractivity contribution in [3.8, 4) is 5.69 Å². The molecule has 0 aliphatic rings. The third-order valence-electron chi connectivity index (χ3n) is 4.47. The van der Waals surface area contributed by atoms with Gasteiger partial charge in [0.1, 0.15) is 0 Å². The molecule has 0 fully saturated rings. The molecule has 0 radical (unpaired) electrons. The van der Waals surface area contributed by atoms with Gasteiger partial charge in [0.25, 0.3) is 5.91 Å². The Balaban J connectivity index is 1.56. The van der Waals surface area contributed by atoms with Crippen LogP contribution in [-0.4, -0.2) is 29.3 Å². The van der Waals surface area contributed by atoms with E-state index in [1.807, 2.05) is 12.1 Å². The van der Waals surface area contributed by atoms with E-state index in [9.17, 15) is 13.2 Å². The fourth-order valence-electron chi connectivity index (χ4n) is 3.04. The van der Waals surface area contributed by atoms with E-state index in [4.69, 9.17) is 0 Å². The summed E-state index contributed by atoms with van der Waals surface area (Å²) >= 11 is 0. The van der Waals surface area contributed by atoms with Crippen molar-refractivity contribution in [1.82, 2.24) is 15.0 Å². The molecule has 0 aliphatic carbocycles. The molecule has 1 aromatic heterocycles. The lowest BCUT2D eigenvalue weighted by atomic mass is 10.1. The van der Waals surface area contributed by atoms with E-state index in [2.05, 4.69) is 15.6 Å². The Labute approximate surface area is 173 Å². The summed E-state index contributed by atoms with van der Waals surface area (Å²) in [7, 11) is -3.50. The first-order valence-corrected chi connectivity index (χ1v) is 10.8. The van der Waals surface area contributed by atoms with Crippen LogP contribution in [0.25, 0.3) is 5.69 Å². The van der Waals surface area contributed by atoms with Gasteiger partial charge in [0.05, 0.1) is 34.4 Å². The quantitative estimate of drug-likeness (QED) is 0.517. The molecule has 8 heteroatoms. The van der Waals surface area contributed by atoms with Gasteiger partial charge < -0.3 is 5.32 Å². The maximum atomic E-state index is 12.8. The van der Waals surface area contributed by atoms with Crippen molar-refractivity contribution in [2.75, 3.05) is 5.32 Å². The van der Waals surface area contributed by atoms with Crippen LogP contribution in [0.3, 0.4) is 0 Å². The molecule has 4 aromatic rings. The second-order valence-electron chi connectivity index (χ2n) is 6.59. The highest BCUT2D eigenvalue weighted by molar-refractivity contribution is 7.90. The number of nitrogens with one attached hydrogen (secondary N) is 1. The molecule has 0 atom stereocenters. The maximum absolute atomic E-state index is 12.8. The molecular formula is C22H18N4O3S. The fraction of sp³-hybridized carbons (Fsp3) is 0.0455. The summed E-state index contributed by atoms with van der Waals surface area (Å²) < 4.78 is 26.8. The number of hydrogen-bond donors (Lipinski definition) is 1. The van der Waals surface area contributed by atoms with E-state index >= 15 is 0 Å². The second-order valence-corrected chi connectivity index (χ2v) is 8.58. The Morgan fingerprint density at radius 1 is 0.933 bits per heavy atom. The van der Waals surface area contributed by atoms with Crippen molar-refractivity contribution in [2.24, 2.45) is 0 Å². The van der Waals surface area contributed by atoms with Crippen LogP contribution in [0.2, 0.25) is 0 Å². The zero-order valence-corrected chi connectivity index (χ0v) is 16.7. The van der Waals surface area contributed by atoms with Crippen LogP contribution in [0.5, 0.6) is 0 Å². The van der Waals surface area contributed by atoms with Crippen LogP contribution >= 0.6 is 0 Å². The van der Waals surface area contributed by atoms with E-state index in [0.29, 0.717) is 22.5 Å². The highest BCUT2D eigenvalue weighted by Gasteiger charge is 2.16. The topological polar surface area (TPSA) is 93.9 Å². The van der Waals surface area contributed by atoms with Crippen molar-refractivity contribution < 1.29 is 13.2 Å². The number of nitrogens with zero attached hydrogens (tertiary/aromatic N) is 3. The van der Waals surface area contributed by atoms with E-state index in [0.717, 1.165) is 0 Å². The van der Waals surface area contributed by atoms with Crippen molar-refractivity contribution in [3.63, 3.8) is 0 Å². The lowest BCUT2D eigenvalue weighted by Crippen LogP contribution is -2.14. The molecule has 0 saturated carbocycles. The molecule has 1 N–H and O–H groups in total. The molecule has 4 rings (SSSR count). The Kier molecular flexibility index (Phi) is 5.40. The Morgan fingerprint density at radius 2 is 1.70 bits per heavy atom. The minimum Gasteiger partial charge on any atom is -0.320 e. The average Bonchev–Trinajstić information content (AvgIpc) is 3.29. The molecule has 0 unspecified atom stereocenters. The fourth-order valence-corrected chi connectivity index (χ4v) is 4.40. The molecule has 7 nitrogen and oxygen atoms in total. The SMILES string of the molecule is O=C(Nc1ccccc1-n1ccnn1)c1cccc(CS(=O)(=O)c2ccccc2)c1. The van der Waals surface area contributed by atoms with E-state index in [-0.39, 0.29) is 16.6 Å². The number of aromatic nitrogens is 3. The number of para-hydroxylation sites is 2. The smallest absolute Gasteiger partial charge is 0.255 e. The lowest BCUT2D eigenvalue weighted by Gasteiger charge is -2.11. The first-order valence-electron chi connectivity index (χ1n) is 9.17. The molecule has 150 valence electrons. The molecular weight excluding hydrogens is 400 g/mol. The molecule has 0 aliphatic heterocycles. The number of rotatable bonds is 6. The summed E-state index contributed by atoms with van der Waals surface area (Å²) in [6.45, 7) is 0. The zero-order valence-electron chi connectivity index (χ0n) is 15.8. The van der Waals surface area contributed by atoms with Gasteiger partial charge in [0.2, 0.25) is 0 Å². The predicted octanol–water partition coefficient (Wildman–Crippen LogP) is 3.49. The van der Waals surface area contributed by atoms with Gasteiger partial charge in [-0.25, -0.2) is 13.1 Å². The van der Waals surface area contributed by atoms with Gasteiger partial charge in [-0.2, -0.15) is 0 Å². The minimum atomic E-state index is -3.50. The Bertz CT molecular complexity index is 1270. The van der Waals surface area contributed by atoms with Gasteiger partial charge in [-0.3, -0.25) is 4.79 Å².